The third-order valence-electron chi connectivity index (χ3n) is 1.98. The summed E-state index contributed by atoms with van der Waals surface area (Å²) in [6.07, 6.45) is 0. The van der Waals surface area contributed by atoms with Crippen LogP contribution in [0.25, 0.3) is 10.1 Å². The molecule has 2 rings (SSSR count). The van der Waals surface area contributed by atoms with E-state index in [0.717, 1.165) is 15.6 Å². The Hall–Kier alpha value is -1.26. The summed E-state index contributed by atoms with van der Waals surface area (Å²) in [5, 5.41) is 11.9. The van der Waals surface area contributed by atoms with Crippen LogP contribution in [0.3, 0.4) is 0 Å². The molecule has 0 aliphatic carbocycles. The van der Waals surface area contributed by atoms with E-state index in [-0.39, 0.29) is 6.61 Å². The molecule has 0 radical (unpaired) electrons. The summed E-state index contributed by atoms with van der Waals surface area (Å²) in [7, 11) is 0. The van der Waals surface area contributed by atoms with E-state index in [1.165, 1.54) is 0 Å². The highest BCUT2D eigenvalue weighted by Crippen LogP contribution is 2.32. The molecule has 4 heteroatoms. The van der Waals surface area contributed by atoms with Gasteiger partial charge in [-0.1, -0.05) is 0 Å². The normalized spacial score (nSPS) is 10.8. The Kier molecular flexibility index (Phi) is 1.86. The zero-order valence-electron chi connectivity index (χ0n) is 6.95. The predicted molar refractivity (Wildman–Crippen MR) is 56.6 cm³/mol. The molecule has 13 heavy (non-hydrogen) atoms. The molecule has 1 aromatic carbocycles. The number of nitrogen functional groups attached to an aromatic ring is 2. The Morgan fingerprint density at radius 2 is 2.08 bits per heavy atom. The second-order valence-corrected chi connectivity index (χ2v) is 3.81. The number of hydrogen-bond donors (Lipinski definition) is 3. The Morgan fingerprint density at radius 3 is 2.77 bits per heavy atom. The van der Waals surface area contributed by atoms with Gasteiger partial charge in [0, 0.05) is 21.2 Å². The van der Waals surface area contributed by atoms with Gasteiger partial charge in [-0.05, 0) is 17.7 Å². The number of benzene rings is 1. The minimum absolute atomic E-state index is 0.0253. The third kappa shape index (κ3) is 1.24. The van der Waals surface area contributed by atoms with Crippen molar-refractivity contribution >= 4 is 32.8 Å². The maximum Gasteiger partial charge on any atom is 0.0689 e. The van der Waals surface area contributed by atoms with Gasteiger partial charge in [-0.25, -0.2) is 0 Å². The van der Waals surface area contributed by atoms with Crippen molar-refractivity contribution in [1.82, 2.24) is 0 Å². The van der Waals surface area contributed by atoms with E-state index in [0.29, 0.717) is 11.4 Å². The fourth-order valence-electron chi connectivity index (χ4n) is 1.43. The number of rotatable bonds is 1. The van der Waals surface area contributed by atoms with Crippen LogP contribution in [0.1, 0.15) is 5.56 Å². The Bertz CT molecular complexity index is 450. The molecular weight excluding hydrogens is 184 g/mol. The highest BCUT2D eigenvalue weighted by molar-refractivity contribution is 7.17. The number of nitrogens with two attached hydrogens (primary N) is 2. The summed E-state index contributed by atoms with van der Waals surface area (Å²) in [5.41, 5.74) is 13.6. The molecule has 0 saturated carbocycles. The van der Waals surface area contributed by atoms with E-state index < -0.39 is 0 Å². The number of fused-ring (bicyclic) bond motifs is 1. The quantitative estimate of drug-likeness (QED) is 0.603. The summed E-state index contributed by atoms with van der Waals surface area (Å²) in [6.45, 7) is -0.0253. The minimum Gasteiger partial charge on any atom is -0.399 e. The van der Waals surface area contributed by atoms with Gasteiger partial charge in [0.1, 0.15) is 0 Å². The van der Waals surface area contributed by atoms with Crippen molar-refractivity contribution in [3.63, 3.8) is 0 Å². The van der Waals surface area contributed by atoms with Crippen molar-refractivity contribution in [2.75, 3.05) is 11.5 Å². The standard InChI is InChI=1S/C9H10N2OS/c10-6-1-5(3-12)9-7(11)4-13-8(9)2-6/h1-2,4,12H,3,10-11H2. The van der Waals surface area contributed by atoms with Crippen molar-refractivity contribution < 1.29 is 5.11 Å². The van der Waals surface area contributed by atoms with Crippen LogP contribution in [0, 0.1) is 0 Å². The van der Waals surface area contributed by atoms with Crippen LogP contribution in [-0.4, -0.2) is 5.11 Å². The zero-order valence-corrected chi connectivity index (χ0v) is 7.77. The van der Waals surface area contributed by atoms with Gasteiger partial charge in [-0.3, -0.25) is 0 Å². The largest absolute Gasteiger partial charge is 0.399 e. The molecule has 1 aromatic heterocycles. The Morgan fingerprint density at radius 1 is 1.31 bits per heavy atom. The third-order valence-corrected chi connectivity index (χ3v) is 2.93. The van der Waals surface area contributed by atoms with Gasteiger partial charge in [0.15, 0.2) is 0 Å². The molecule has 0 saturated heterocycles. The molecule has 0 bridgehead atoms. The summed E-state index contributed by atoms with van der Waals surface area (Å²) in [6, 6.07) is 3.63. The number of aliphatic hydroxyl groups excluding tert-OH is 1. The maximum absolute atomic E-state index is 9.10. The second kappa shape index (κ2) is 2.90. The first-order valence-electron chi connectivity index (χ1n) is 3.88. The van der Waals surface area contributed by atoms with Crippen molar-refractivity contribution in [2.45, 2.75) is 6.61 Å². The molecule has 0 spiro atoms. The van der Waals surface area contributed by atoms with Gasteiger partial charge in [-0.15, -0.1) is 11.3 Å². The molecule has 0 atom stereocenters. The lowest BCUT2D eigenvalue weighted by molar-refractivity contribution is 0.283. The summed E-state index contributed by atoms with van der Waals surface area (Å²) >= 11 is 1.54. The average molecular weight is 194 g/mol. The molecule has 3 nitrogen and oxygen atoms in total. The molecule has 0 fully saturated rings. The van der Waals surface area contributed by atoms with Crippen LogP contribution < -0.4 is 11.5 Å². The second-order valence-electron chi connectivity index (χ2n) is 2.90. The number of thiophene rings is 1. The number of anilines is 2. The van der Waals surface area contributed by atoms with E-state index in [4.69, 9.17) is 16.6 Å². The molecule has 0 unspecified atom stereocenters. The van der Waals surface area contributed by atoms with Crippen LogP contribution in [0.5, 0.6) is 0 Å². The van der Waals surface area contributed by atoms with E-state index >= 15 is 0 Å². The van der Waals surface area contributed by atoms with E-state index in [9.17, 15) is 0 Å². The highest BCUT2D eigenvalue weighted by Gasteiger charge is 2.06. The first kappa shape index (κ1) is 8.34. The van der Waals surface area contributed by atoms with Gasteiger partial charge < -0.3 is 16.6 Å². The smallest absolute Gasteiger partial charge is 0.0689 e. The SMILES string of the molecule is Nc1cc(CO)c2c(N)csc2c1. The molecule has 1 heterocycles. The van der Waals surface area contributed by atoms with Gasteiger partial charge in [0.05, 0.1) is 12.3 Å². The topological polar surface area (TPSA) is 72.3 Å². The predicted octanol–water partition coefficient (Wildman–Crippen LogP) is 1.56. The molecule has 2 aromatic rings. The molecule has 0 aliphatic rings. The first-order valence-corrected chi connectivity index (χ1v) is 4.76. The molecule has 0 aliphatic heterocycles. The van der Waals surface area contributed by atoms with Crippen molar-refractivity contribution in [3.8, 4) is 0 Å². The fraction of sp³-hybridized carbons (Fsp3) is 0.111. The highest BCUT2D eigenvalue weighted by atomic mass is 32.1. The van der Waals surface area contributed by atoms with E-state index in [1.807, 2.05) is 11.4 Å². The van der Waals surface area contributed by atoms with Crippen molar-refractivity contribution in [2.24, 2.45) is 0 Å². The molecule has 5 N–H and O–H groups in total. The van der Waals surface area contributed by atoms with Crippen LogP contribution in [0.2, 0.25) is 0 Å². The lowest BCUT2D eigenvalue weighted by atomic mass is 10.1. The van der Waals surface area contributed by atoms with Crippen LogP contribution in [0.15, 0.2) is 17.5 Å². The van der Waals surface area contributed by atoms with Gasteiger partial charge >= 0.3 is 0 Å². The molecule has 68 valence electrons. The van der Waals surface area contributed by atoms with Crippen LogP contribution in [-0.2, 0) is 6.61 Å². The Labute approximate surface area is 79.6 Å². The summed E-state index contributed by atoms with van der Waals surface area (Å²) < 4.78 is 1.03. The van der Waals surface area contributed by atoms with Crippen molar-refractivity contribution in [1.29, 1.82) is 0 Å². The maximum atomic E-state index is 9.10. The summed E-state index contributed by atoms with van der Waals surface area (Å²) in [5.74, 6) is 0. The monoisotopic (exact) mass is 194 g/mol. The van der Waals surface area contributed by atoms with Gasteiger partial charge in [-0.2, -0.15) is 0 Å². The van der Waals surface area contributed by atoms with E-state index in [2.05, 4.69) is 0 Å². The van der Waals surface area contributed by atoms with Gasteiger partial charge in [0.25, 0.3) is 0 Å². The lowest BCUT2D eigenvalue weighted by Gasteiger charge is -2.02. The zero-order chi connectivity index (χ0) is 9.42. The summed E-state index contributed by atoms with van der Waals surface area (Å²) in [4.78, 5) is 0. The first-order chi connectivity index (χ1) is 6.22. The van der Waals surface area contributed by atoms with Crippen LogP contribution >= 0.6 is 11.3 Å². The minimum atomic E-state index is -0.0253. The molecular formula is C9H10N2OS. The van der Waals surface area contributed by atoms with Gasteiger partial charge in [0.2, 0.25) is 0 Å². The van der Waals surface area contributed by atoms with Crippen molar-refractivity contribution in [3.05, 3.63) is 23.1 Å². The Balaban J connectivity index is 2.85. The lowest BCUT2D eigenvalue weighted by Crippen LogP contribution is -1.91. The molecule has 0 amide bonds. The average Bonchev–Trinajstić information content (AvgIpc) is 2.46. The number of aliphatic hydroxyl groups is 1. The van der Waals surface area contributed by atoms with E-state index in [1.54, 1.807) is 17.4 Å². The van der Waals surface area contributed by atoms with Crippen LogP contribution in [0.4, 0.5) is 11.4 Å². The fourth-order valence-corrected chi connectivity index (χ4v) is 2.37. The number of hydrogen-bond acceptors (Lipinski definition) is 4.